The number of amides is 1. The Hall–Kier alpha value is -2.41. The predicted octanol–water partition coefficient (Wildman–Crippen LogP) is 0.957. The minimum Gasteiger partial charge on any atom is -0.349 e. The summed E-state index contributed by atoms with van der Waals surface area (Å²) in [5.41, 5.74) is 5.82. The number of carbonyl (C=O) groups is 1. The highest BCUT2D eigenvalue weighted by Gasteiger charge is 2.25. The molecule has 1 aliphatic carbocycles. The van der Waals surface area contributed by atoms with Crippen molar-refractivity contribution in [2.24, 2.45) is 11.7 Å². The molecule has 3 rings (SSSR count). The van der Waals surface area contributed by atoms with Crippen molar-refractivity contribution in [2.45, 2.75) is 45.2 Å². The molecule has 7 nitrogen and oxygen atoms in total. The Morgan fingerprint density at radius 1 is 1.32 bits per heavy atom. The van der Waals surface area contributed by atoms with Gasteiger partial charge >= 0.3 is 5.69 Å². The Morgan fingerprint density at radius 2 is 2.08 bits per heavy atom. The van der Waals surface area contributed by atoms with Gasteiger partial charge in [0.05, 0.1) is 10.9 Å². The first kappa shape index (κ1) is 17.4. The van der Waals surface area contributed by atoms with Crippen LogP contribution >= 0.6 is 0 Å². The number of hydrogen-bond donors (Lipinski definition) is 3. The van der Waals surface area contributed by atoms with E-state index in [1.54, 1.807) is 25.1 Å². The largest absolute Gasteiger partial charge is 0.349 e. The zero-order valence-electron chi connectivity index (χ0n) is 14.4. The van der Waals surface area contributed by atoms with E-state index in [2.05, 4.69) is 10.3 Å². The second-order valence-electron chi connectivity index (χ2n) is 6.60. The van der Waals surface area contributed by atoms with Crippen molar-refractivity contribution in [3.8, 4) is 0 Å². The van der Waals surface area contributed by atoms with Crippen LogP contribution in [0.2, 0.25) is 0 Å². The van der Waals surface area contributed by atoms with Gasteiger partial charge in [-0.1, -0.05) is 12.8 Å². The molecule has 0 aliphatic heterocycles. The number of H-pyrrole nitrogens is 1. The fourth-order valence-electron chi connectivity index (χ4n) is 3.61. The lowest BCUT2D eigenvalue weighted by Crippen LogP contribution is -2.44. The molecule has 1 aromatic carbocycles. The van der Waals surface area contributed by atoms with Crippen molar-refractivity contribution in [1.82, 2.24) is 14.9 Å². The van der Waals surface area contributed by atoms with E-state index in [1.165, 1.54) is 0 Å². The van der Waals surface area contributed by atoms with Crippen LogP contribution in [0.3, 0.4) is 0 Å². The molecular formula is C18H24N4O3. The average Bonchev–Trinajstić information content (AvgIpc) is 2.62. The number of rotatable bonds is 4. The van der Waals surface area contributed by atoms with Crippen LogP contribution in [-0.4, -0.2) is 28.0 Å². The van der Waals surface area contributed by atoms with Crippen LogP contribution in [0.1, 0.15) is 43.0 Å². The van der Waals surface area contributed by atoms with Crippen LogP contribution in [-0.2, 0) is 6.54 Å². The number of benzene rings is 1. The standard InChI is InChI=1S/C18H24N4O3/c1-2-22-17(24)13-8-7-11(9-15(13)21-18(22)25)16(23)20-14-6-4-3-5-12(14)10-19/h7-9,12,14H,2-6,10,19H2,1H3,(H,20,23)(H,21,25). The van der Waals surface area contributed by atoms with E-state index < -0.39 is 5.69 Å². The minimum atomic E-state index is -0.465. The molecule has 2 atom stereocenters. The summed E-state index contributed by atoms with van der Waals surface area (Å²) in [6.45, 7) is 2.60. The van der Waals surface area contributed by atoms with Gasteiger partial charge in [-0.3, -0.25) is 14.2 Å². The highest BCUT2D eigenvalue weighted by atomic mass is 16.2. The molecule has 25 heavy (non-hydrogen) atoms. The summed E-state index contributed by atoms with van der Waals surface area (Å²) < 4.78 is 1.13. The third-order valence-corrected chi connectivity index (χ3v) is 5.09. The topological polar surface area (TPSA) is 110 Å². The summed E-state index contributed by atoms with van der Waals surface area (Å²) >= 11 is 0. The van der Waals surface area contributed by atoms with Gasteiger partial charge in [0, 0.05) is 18.2 Å². The SMILES string of the molecule is CCn1c(=O)[nH]c2cc(C(=O)NC3CCCCC3CN)ccc2c1=O. The maximum Gasteiger partial charge on any atom is 0.328 e. The highest BCUT2D eigenvalue weighted by Crippen LogP contribution is 2.24. The summed E-state index contributed by atoms with van der Waals surface area (Å²) in [6.07, 6.45) is 4.19. The van der Waals surface area contributed by atoms with Crippen LogP contribution in [0.5, 0.6) is 0 Å². The molecule has 4 N–H and O–H groups in total. The number of hydrogen-bond acceptors (Lipinski definition) is 4. The molecule has 1 amide bonds. The van der Waals surface area contributed by atoms with Crippen molar-refractivity contribution in [3.63, 3.8) is 0 Å². The van der Waals surface area contributed by atoms with Gasteiger partial charge in [-0.05, 0) is 50.4 Å². The van der Waals surface area contributed by atoms with Crippen molar-refractivity contribution >= 4 is 16.8 Å². The number of aromatic nitrogens is 2. The van der Waals surface area contributed by atoms with Crippen LogP contribution < -0.4 is 22.3 Å². The van der Waals surface area contributed by atoms with Crippen molar-refractivity contribution in [3.05, 3.63) is 44.6 Å². The fourth-order valence-corrected chi connectivity index (χ4v) is 3.61. The molecule has 2 aromatic rings. The number of carbonyl (C=O) groups excluding carboxylic acids is 1. The normalized spacial score (nSPS) is 20.6. The zero-order chi connectivity index (χ0) is 18.0. The van der Waals surface area contributed by atoms with E-state index in [9.17, 15) is 14.4 Å². The first-order valence-corrected chi connectivity index (χ1v) is 8.83. The smallest absolute Gasteiger partial charge is 0.328 e. The minimum absolute atomic E-state index is 0.0779. The number of nitrogens with two attached hydrogens (primary N) is 1. The molecule has 2 unspecified atom stereocenters. The zero-order valence-corrected chi connectivity index (χ0v) is 14.4. The molecular weight excluding hydrogens is 320 g/mol. The quantitative estimate of drug-likeness (QED) is 0.767. The van der Waals surface area contributed by atoms with Crippen molar-refractivity contribution < 1.29 is 4.79 Å². The van der Waals surface area contributed by atoms with Crippen LogP contribution in [0.15, 0.2) is 27.8 Å². The lowest BCUT2D eigenvalue weighted by molar-refractivity contribution is 0.0908. The van der Waals surface area contributed by atoms with Gasteiger partial charge in [-0.15, -0.1) is 0 Å². The lowest BCUT2D eigenvalue weighted by Gasteiger charge is -2.31. The Bertz CT molecular complexity index is 899. The van der Waals surface area contributed by atoms with Gasteiger partial charge in [0.2, 0.25) is 0 Å². The van der Waals surface area contributed by atoms with E-state index in [-0.39, 0.29) is 17.5 Å². The van der Waals surface area contributed by atoms with E-state index in [1.807, 2.05) is 0 Å². The van der Waals surface area contributed by atoms with E-state index in [0.717, 1.165) is 30.3 Å². The van der Waals surface area contributed by atoms with Crippen LogP contribution in [0, 0.1) is 5.92 Å². The summed E-state index contributed by atoms with van der Waals surface area (Å²) in [6, 6.07) is 4.86. The first-order valence-electron chi connectivity index (χ1n) is 8.83. The fraction of sp³-hybridized carbons (Fsp3) is 0.500. The van der Waals surface area contributed by atoms with Crippen molar-refractivity contribution in [2.75, 3.05) is 6.54 Å². The number of aromatic amines is 1. The average molecular weight is 344 g/mol. The maximum absolute atomic E-state index is 12.6. The Morgan fingerprint density at radius 3 is 2.80 bits per heavy atom. The molecule has 0 saturated heterocycles. The first-order chi connectivity index (χ1) is 12.0. The molecule has 1 aliphatic rings. The third-order valence-electron chi connectivity index (χ3n) is 5.09. The van der Waals surface area contributed by atoms with E-state index in [4.69, 9.17) is 5.73 Å². The van der Waals surface area contributed by atoms with Gasteiger partial charge in [-0.25, -0.2) is 4.79 Å². The Balaban J connectivity index is 1.90. The van der Waals surface area contributed by atoms with Gasteiger partial charge in [0.1, 0.15) is 0 Å². The monoisotopic (exact) mass is 344 g/mol. The number of nitrogens with one attached hydrogen (secondary N) is 2. The molecule has 0 bridgehead atoms. The van der Waals surface area contributed by atoms with E-state index in [0.29, 0.717) is 35.5 Å². The molecule has 1 saturated carbocycles. The molecule has 0 radical (unpaired) electrons. The van der Waals surface area contributed by atoms with Gasteiger partial charge < -0.3 is 16.0 Å². The third kappa shape index (κ3) is 3.37. The van der Waals surface area contributed by atoms with Gasteiger partial charge in [-0.2, -0.15) is 0 Å². The summed E-state index contributed by atoms with van der Waals surface area (Å²) in [7, 11) is 0. The Kier molecular flexibility index (Phi) is 5.03. The molecule has 1 fully saturated rings. The lowest BCUT2D eigenvalue weighted by atomic mass is 9.84. The molecule has 1 aromatic heterocycles. The summed E-state index contributed by atoms with van der Waals surface area (Å²) in [5.74, 6) is 0.0995. The van der Waals surface area contributed by atoms with Gasteiger partial charge in [0.15, 0.2) is 0 Å². The molecule has 1 heterocycles. The second kappa shape index (κ2) is 7.23. The summed E-state index contributed by atoms with van der Waals surface area (Å²) in [5, 5.41) is 3.46. The number of nitrogens with zero attached hydrogens (tertiary/aromatic N) is 1. The predicted molar refractivity (Wildman–Crippen MR) is 96.8 cm³/mol. The molecule has 0 spiro atoms. The molecule has 7 heteroatoms. The maximum atomic E-state index is 12.6. The summed E-state index contributed by atoms with van der Waals surface area (Å²) in [4.78, 5) is 39.5. The van der Waals surface area contributed by atoms with E-state index >= 15 is 0 Å². The second-order valence-corrected chi connectivity index (χ2v) is 6.60. The van der Waals surface area contributed by atoms with Crippen LogP contribution in [0.25, 0.3) is 10.9 Å². The number of fused-ring (bicyclic) bond motifs is 1. The van der Waals surface area contributed by atoms with Crippen LogP contribution in [0.4, 0.5) is 0 Å². The van der Waals surface area contributed by atoms with Crippen molar-refractivity contribution in [1.29, 1.82) is 0 Å². The van der Waals surface area contributed by atoms with Gasteiger partial charge in [0.25, 0.3) is 11.5 Å². The Labute approximate surface area is 145 Å². The molecule has 134 valence electrons. The highest BCUT2D eigenvalue weighted by molar-refractivity contribution is 5.97.